The van der Waals surface area contributed by atoms with Crippen LogP contribution in [0.4, 0.5) is 10.1 Å². The van der Waals surface area contributed by atoms with E-state index in [2.05, 4.69) is 10.6 Å². The quantitative estimate of drug-likeness (QED) is 0.686. The second-order valence-corrected chi connectivity index (χ2v) is 4.16. The summed E-state index contributed by atoms with van der Waals surface area (Å²) >= 11 is 0. The van der Waals surface area contributed by atoms with Crippen molar-refractivity contribution in [2.45, 2.75) is 25.3 Å². The maximum atomic E-state index is 13.1. The standard InChI is InChI=1S/C12H15FN2O2/c13-9-7-8(4-5-11(9)16)15-12(17)10-3-1-2-6-14-10/h4-5,7,10,14,16H,1-3,6H2,(H,15,17)/t10-/m0/s1. The Hall–Kier alpha value is -1.62. The molecular weight excluding hydrogens is 223 g/mol. The van der Waals surface area contributed by atoms with Gasteiger partial charge in [-0.25, -0.2) is 4.39 Å². The second kappa shape index (κ2) is 5.14. The highest BCUT2D eigenvalue weighted by molar-refractivity contribution is 5.94. The third kappa shape index (κ3) is 2.94. The summed E-state index contributed by atoms with van der Waals surface area (Å²) in [5.41, 5.74) is 0.359. The number of nitrogens with one attached hydrogen (secondary N) is 2. The summed E-state index contributed by atoms with van der Waals surface area (Å²) in [5, 5.41) is 14.8. The van der Waals surface area contributed by atoms with Crippen LogP contribution in [0.1, 0.15) is 19.3 Å². The number of amides is 1. The molecule has 1 aliphatic rings. The van der Waals surface area contributed by atoms with E-state index in [1.54, 1.807) is 0 Å². The third-order valence-corrected chi connectivity index (χ3v) is 2.84. The molecule has 0 radical (unpaired) electrons. The van der Waals surface area contributed by atoms with E-state index in [1.165, 1.54) is 12.1 Å². The summed E-state index contributed by atoms with van der Waals surface area (Å²) < 4.78 is 13.1. The van der Waals surface area contributed by atoms with Crippen molar-refractivity contribution in [3.05, 3.63) is 24.0 Å². The number of carbonyl (C=O) groups excluding carboxylic acids is 1. The number of phenols is 1. The summed E-state index contributed by atoms with van der Waals surface area (Å²) in [5.74, 6) is -1.31. The maximum Gasteiger partial charge on any atom is 0.241 e. The van der Waals surface area contributed by atoms with Gasteiger partial charge in [0.05, 0.1) is 6.04 Å². The smallest absolute Gasteiger partial charge is 0.241 e. The van der Waals surface area contributed by atoms with E-state index >= 15 is 0 Å². The predicted octanol–water partition coefficient (Wildman–Crippen LogP) is 1.61. The van der Waals surface area contributed by atoms with Gasteiger partial charge in [-0.3, -0.25) is 4.79 Å². The van der Waals surface area contributed by atoms with Gasteiger partial charge >= 0.3 is 0 Å². The van der Waals surface area contributed by atoms with Gasteiger partial charge in [-0.1, -0.05) is 6.42 Å². The SMILES string of the molecule is O=C(Nc1ccc(O)c(F)c1)[C@@H]1CCCCN1. The molecular formula is C12H15FN2O2. The Labute approximate surface area is 98.8 Å². The average molecular weight is 238 g/mol. The number of rotatable bonds is 2. The Balaban J connectivity index is 1.99. The minimum atomic E-state index is -0.737. The van der Waals surface area contributed by atoms with E-state index in [4.69, 9.17) is 5.11 Å². The van der Waals surface area contributed by atoms with E-state index in [9.17, 15) is 9.18 Å². The van der Waals surface area contributed by atoms with E-state index in [1.807, 2.05) is 0 Å². The van der Waals surface area contributed by atoms with Crippen molar-refractivity contribution in [2.24, 2.45) is 0 Å². The van der Waals surface area contributed by atoms with E-state index in [0.29, 0.717) is 5.69 Å². The summed E-state index contributed by atoms with van der Waals surface area (Å²) in [7, 11) is 0. The van der Waals surface area contributed by atoms with Gasteiger partial charge < -0.3 is 15.7 Å². The molecule has 4 nitrogen and oxygen atoms in total. The summed E-state index contributed by atoms with van der Waals surface area (Å²) in [6.07, 6.45) is 2.90. The first kappa shape index (κ1) is 11.9. The van der Waals surface area contributed by atoms with E-state index < -0.39 is 11.6 Å². The van der Waals surface area contributed by atoms with Crippen LogP contribution in [0.5, 0.6) is 5.75 Å². The molecule has 92 valence electrons. The number of piperidine rings is 1. The molecule has 1 aliphatic heterocycles. The number of hydrogen-bond donors (Lipinski definition) is 3. The highest BCUT2D eigenvalue weighted by Crippen LogP contribution is 2.20. The fourth-order valence-electron chi connectivity index (χ4n) is 1.89. The zero-order valence-corrected chi connectivity index (χ0v) is 9.37. The molecule has 5 heteroatoms. The molecule has 0 saturated carbocycles. The van der Waals surface area contributed by atoms with Crippen LogP contribution in [0, 0.1) is 5.82 Å². The third-order valence-electron chi connectivity index (χ3n) is 2.84. The molecule has 1 fully saturated rings. The van der Waals surface area contributed by atoms with Crippen molar-refractivity contribution in [3.63, 3.8) is 0 Å². The second-order valence-electron chi connectivity index (χ2n) is 4.16. The lowest BCUT2D eigenvalue weighted by atomic mass is 10.0. The monoisotopic (exact) mass is 238 g/mol. The highest BCUT2D eigenvalue weighted by atomic mass is 19.1. The molecule has 0 aromatic heterocycles. The number of halogens is 1. The van der Waals surface area contributed by atoms with Crippen LogP contribution in [-0.4, -0.2) is 23.6 Å². The van der Waals surface area contributed by atoms with Gasteiger partial charge in [-0.2, -0.15) is 0 Å². The molecule has 1 saturated heterocycles. The zero-order valence-electron chi connectivity index (χ0n) is 9.37. The van der Waals surface area contributed by atoms with Crippen molar-refractivity contribution >= 4 is 11.6 Å². The van der Waals surface area contributed by atoms with Crippen molar-refractivity contribution < 1.29 is 14.3 Å². The lowest BCUT2D eigenvalue weighted by molar-refractivity contribution is -0.118. The molecule has 1 heterocycles. The van der Waals surface area contributed by atoms with E-state index in [0.717, 1.165) is 31.9 Å². The van der Waals surface area contributed by atoms with Crippen molar-refractivity contribution in [2.75, 3.05) is 11.9 Å². The normalized spacial score (nSPS) is 19.9. The van der Waals surface area contributed by atoms with Gasteiger partial charge in [0.15, 0.2) is 11.6 Å². The Kier molecular flexibility index (Phi) is 3.58. The van der Waals surface area contributed by atoms with Gasteiger partial charge in [0.25, 0.3) is 0 Å². The minimum Gasteiger partial charge on any atom is -0.505 e. The minimum absolute atomic E-state index is 0.158. The molecule has 1 aromatic rings. The van der Waals surface area contributed by atoms with Crippen LogP contribution in [0.25, 0.3) is 0 Å². The summed E-state index contributed by atoms with van der Waals surface area (Å²) in [6, 6.07) is 3.59. The first-order chi connectivity index (χ1) is 8.16. The molecule has 1 amide bonds. The average Bonchev–Trinajstić information content (AvgIpc) is 2.35. The van der Waals surface area contributed by atoms with Crippen LogP contribution in [0.15, 0.2) is 18.2 Å². The summed E-state index contributed by atoms with van der Waals surface area (Å²) in [6.45, 7) is 0.835. The number of carbonyl (C=O) groups is 1. The van der Waals surface area contributed by atoms with Crippen LogP contribution in [0.2, 0.25) is 0 Å². The lowest BCUT2D eigenvalue weighted by Gasteiger charge is -2.22. The molecule has 3 N–H and O–H groups in total. The Morgan fingerprint density at radius 3 is 2.94 bits per heavy atom. The number of anilines is 1. The van der Waals surface area contributed by atoms with Gasteiger partial charge in [0.1, 0.15) is 0 Å². The Bertz CT molecular complexity index is 417. The molecule has 17 heavy (non-hydrogen) atoms. The van der Waals surface area contributed by atoms with Crippen LogP contribution >= 0.6 is 0 Å². The topological polar surface area (TPSA) is 61.4 Å². The number of hydrogen-bond acceptors (Lipinski definition) is 3. The number of aromatic hydroxyl groups is 1. The van der Waals surface area contributed by atoms with Gasteiger partial charge in [0, 0.05) is 11.8 Å². The summed E-state index contributed by atoms with van der Waals surface area (Å²) in [4.78, 5) is 11.8. The van der Waals surface area contributed by atoms with Crippen LogP contribution < -0.4 is 10.6 Å². The molecule has 0 bridgehead atoms. The fourth-order valence-corrected chi connectivity index (χ4v) is 1.89. The Morgan fingerprint density at radius 2 is 2.29 bits per heavy atom. The first-order valence-corrected chi connectivity index (χ1v) is 5.69. The number of phenolic OH excluding ortho intramolecular Hbond substituents is 1. The lowest BCUT2D eigenvalue weighted by Crippen LogP contribution is -2.43. The van der Waals surface area contributed by atoms with Gasteiger partial charge in [-0.15, -0.1) is 0 Å². The van der Waals surface area contributed by atoms with Crippen molar-refractivity contribution in [1.29, 1.82) is 0 Å². The van der Waals surface area contributed by atoms with Crippen molar-refractivity contribution in [1.82, 2.24) is 5.32 Å². The van der Waals surface area contributed by atoms with Crippen LogP contribution in [0.3, 0.4) is 0 Å². The molecule has 1 aromatic carbocycles. The molecule has 0 aliphatic carbocycles. The van der Waals surface area contributed by atoms with E-state index in [-0.39, 0.29) is 11.9 Å². The number of benzene rings is 1. The van der Waals surface area contributed by atoms with Crippen LogP contribution in [-0.2, 0) is 4.79 Å². The van der Waals surface area contributed by atoms with Gasteiger partial charge in [0.2, 0.25) is 5.91 Å². The molecule has 0 unspecified atom stereocenters. The highest BCUT2D eigenvalue weighted by Gasteiger charge is 2.20. The Morgan fingerprint density at radius 1 is 1.47 bits per heavy atom. The van der Waals surface area contributed by atoms with Crippen molar-refractivity contribution in [3.8, 4) is 5.75 Å². The zero-order chi connectivity index (χ0) is 12.3. The molecule has 0 spiro atoms. The maximum absolute atomic E-state index is 13.1. The molecule has 1 atom stereocenters. The fraction of sp³-hybridized carbons (Fsp3) is 0.417. The molecule has 2 rings (SSSR count). The predicted molar refractivity (Wildman–Crippen MR) is 62.3 cm³/mol. The largest absolute Gasteiger partial charge is 0.505 e. The first-order valence-electron chi connectivity index (χ1n) is 5.69. The van der Waals surface area contributed by atoms with Gasteiger partial charge in [-0.05, 0) is 31.5 Å².